The van der Waals surface area contributed by atoms with Crippen LogP contribution in [0.5, 0.6) is 5.75 Å². The molecule has 0 spiro atoms. The van der Waals surface area contributed by atoms with Gasteiger partial charge in [-0.1, -0.05) is 6.07 Å². The lowest BCUT2D eigenvalue weighted by atomic mass is 10.0. The molecule has 3 heterocycles. The molecule has 160 valence electrons. The van der Waals surface area contributed by atoms with E-state index in [4.69, 9.17) is 17.0 Å². The summed E-state index contributed by atoms with van der Waals surface area (Å²) in [5.74, 6) is -0.0136. The molecule has 31 heavy (non-hydrogen) atoms. The van der Waals surface area contributed by atoms with Crippen LogP contribution in [0.3, 0.4) is 0 Å². The highest BCUT2D eigenvalue weighted by Crippen LogP contribution is 2.39. The molecule has 0 aliphatic carbocycles. The number of nitrogens with one attached hydrogen (secondary N) is 1. The molecule has 2 aromatic heterocycles. The van der Waals surface area contributed by atoms with Gasteiger partial charge < -0.3 is 24.6 Å². The van der Waals surface area contributed by atoms with Gasteiger partial charge in [0.25, 0.3) is 0 Å². The highest BCUT2D eigenvalue weighted by molar-refractivity contribution is 7.80. The first-order chi connectivity index (χ1) is 15.1. The van der Waals surface area contributed by atoms with Crippen molar-refractivity contribution in [3.8, 4) is 11.4 Å². The van der Waals surface area contributed by atoms with Crippen LogP contribution in [0.25, 0.3) is 5.69 Å². The Morgan fingerprint density at radius 2 is 2.00 bits per heavy atom. The largest absolute Gasteiger partial charge is 0.508 e. The summed E-state index contributed by atoms with van der Waals surface area (Å²) in [6.45, 7) is 0.607. The van der Waals surface area contributed by atoms with E-state index in [1.54, 1.807) is 18.3 Å². The Hall–Kier alpha value is -3.39. The molecule has 3 aromatic rings. The third kappa shape index (κ3) is 4.39. The molecule has 1 saturated heterocycles. The molecule has 2 unspecified atom stereocenters. The zero-order chi connectivity index (χ0) is 21.8. The monoisotopic (exact) mass is 436 g/mol. The molecule has 1 fully saturated rings. The first-order valence-electron chi connectivity index (χ1n) is 10.1. The highest BCUT2D eigenvalue weighted by Gasteiger charge is 2.41. The van der Waals surface area contributed by atoms with Gasteiger partial charge in [-0.25, -0.2) is 0 Å². The maximum absolute atomic E-state index is 11.6. The van der Waals surface area contributed by atoms with Gasteiger partial charge in [-0.3, -0.25) is 9.78 Å². The van der Waals surface area contributed by atoms with Gasteiger partial charge in [0.05, 0.1) is 24.9 Å². The number of esters is 1. The first kappa shape index (κ1) is 20.9. The number of aromatic nitrogens is 2. The van der Waals surface area contributed by atoms with Crippen LogP contribution in [0.2, 0.25) is 0 Å². The van der Waals surface area contributed by atoms with Crippen molar-refractivity contribution in [3.63, 3.8) is 0 Å². The van der Waals surface area contributed by atoms with E-state index in [1.807, 2.05) is 42.6 Å². The van der Waals surface area contributed by atoms with Crippen LogP contribution < -0.4 is 5.32 Å². The average Bonchev–Trinajstić information content (AvgIpc) is 3.39. The Bertz CT molecular complexity index is 1050. The van der Waals surface area contributed by atoms with Gasteiger partial charge in [-0.15, -0.1) is 0 Å². The van der Waals surface area contributed by atoms with Crippen molar-refractivity contribution in [1.82, 2.24) is 19.8 Å². The predicted molar refractivity (Wildman–Crippen MR) is 121 cm³/mol. The van der Waals surface area contributed by atoms with Crippen molar-refractivity contribution in [3.05, 3.63) is 78.4 Å². The lowest BCUT2D eigenvalue weighted by molar-refractivity contribution is -0.140. The zero-order valence-electron chi connectivity index (χ0n) is 17.1. The lowest BCUT2D eigenvalue weighted by Crippen LogP contribution is -2.31. The van der Waals surface area contributed by atoms with Crippen molar-refractivity contribution >= 4 is 23.3 Å². The van der Waals surface area contributed by atoms with E-state index in [9.17, 15) is 9.90 Å². The fourth-order valence-electron chi connectivity index (χ4n) is 3.95. The van der Waals surface area contributed by atoms with E-state index in [1.165, 1.54) is 7.11 Å². The number of phenolic OH excluding ortho intramolecular Hbond substituents is 1. The molecule has 4 rings (SSSR count). The summed E-state index contributed by atoms with van der Waals surface area (Å²) < 4.78 is 6.86. The molecule has 2 atom stereocenters. The number of nitrogens with zero attached hydrogens (tertiary/aromatic N) is 3. The van der Waals surface area contributed by atoms with Crippen molar-refractivity contribution in [2.45, 2.75) is 24.9 Å². The second-order valence-corrected chi connectivity index (χ2v) is 7.71. The van der Waals surface area contributed by atoms with Crippen molar-refractivity contribution < 1.29 is 14.6 Å². The molecule has 0 radical (unpaired) electrons. The maximum atomic E-state index is 11.6. The van der Waals surface area contributed by atoms with Gasteiger partial charge in [0.15, 0.2) is 5.11 Å². The molecule has 1 aliphatic heterocycles. The minimum absolute atomic E-state index is 0.121. The number of carbonyl (C=O) groups is 1. The second kappa shape index (κ2) is 9.18. The standard InChI is InChI=1S/C23H24N4O3S/c1-30-20(29)8-5-15-27-22(21(25-23(27)31)18-6-2-3-13-24-18)19-7-4-14-26(19)16-9-11-17(28)12-10-16/h2-4,6-7,9-14,21-22,28H,5,8,15H2,1H3,(H,25,31). The fourth-order valence-corrected chi connectivity index (χ4v) is 4.28. The molecular weight excluding hydrogens is 412 g/mol. The van der Waals surface area contributed by atoms with Crippen LogP contribution in [0, 0.1) is 0 Å². The van der Waals surface area contributed by atoms with Gasteiger partial charge in [0.2, 0.25) is 0 Å². The number of ether oxygens (including phenoxy) is 1. The number of hydrogen-bond donors (Lipinski definition) is 2. The van der Waals surface area contributed by atoms with E-state index >= 15 is 0 Å². The number of aromatic hydroxyl groups is 1. The number of thiocarbonyl (C=S) groups is 1. The Balaban J connectivity index is 1.70. The first-order valence-corrected chi connectivity index (χ1v) is 10.5. The van der Waals surface area contributed by atoms with Crippen molar-refractivity contribution in [2.24, 2.45) is 0 Å². The quantitative estimate of drug-likeness (QED) is 0.433. The number of methoxy groups -OCH3 is 1. The summed E-state index contributed by atoms with van der Waals surface area (Å²) >= 11 is 5.68. The van der Waals surface area contributed by atoms with Crippen molar-refractivity contribution in [2.75, 3.05) is 13.7 Å². The number of rotatable bonds is 7. The third-order valence-corrected chi connectivity index (χ3v) is 5.77. The van der Waals surface area contributed by atoms with Crippen LogP contribution >= 0.6 is 12.2 Å². The van der Waals surface area contributed by atoms with E-state index in [0.717, 1.165) is 17.1 Å². The van der Waals surface area contributed by atoms with E-state index < -0.39 is 0 Å². The highest BCUT2D eigenvalue weighted by atomic mass is 32.1. The van der Waals surface area contributed by atoms with Gasteiger partial charge in [-0.2, -0.15) is 0 Å². The van der Waals surface area contributed by atoms with Crippen LogP contribution in [0.1, 0.15) is 36.3 Å². The summed E-state index contributed by atoms with van der Waals surface area (Å²) in [5.41, 5.74) is 2.86. The van der Waals surface area contributed by atoms with E-state index in [-0.39, 0.29) is 23.8 Å². The lowest BCUT2D eigenvalue weighted by Gasteiger charge is -2.29. The number of pyridine rings is 1. The van der Waals surface area contributed by atoms with Gasteiger partial charge in [0.1, 0.15) is 5.75 Å². The Kier molecular flexibility index (Phi) is 6.18. The number of phenols is 1. The molecule has 0 bridgehead atoms. The minimum Gasteiger partial charge on any atom is -0.508 e. The fraction of sp³-hybridized carbons (Fsp3) is 0.261. The molecule has 7 nitrogen and oxygen atoms in total. The van der Waals surface area contributed by atoms with E-state index in [0.29, 0.717) is 24.5 Å². The molecule has 0 amide bonds. The number of hydrogen-bond acceptors (Lipinski definition) is 5. The molecular formula is C23H24N4O3S. The van der Waals surface area contributed by atoms with Gasteiger partial charge in [0, 0.05) is 36.7 Å². The molecule has 0 saturated carbocycles. The Morgan fingerprint density at radius 1 is 1.19 bits per heavy atom. The molecule has 1 aromatic carbocycles. The van der Waals surface area contributed by atoms with Crippen LogP contribution in [0.4, 0.5) is 0 Å². The molecule has 1 aliphatic rings. The second-order valence-electron chi connectivity index (χ2n) is 7.32. The van der Waals surface area contributed by atoms with Crippen molar-refractivity contribution in [1.29, 1.82) is 0 Å². The van der Waals surface area contributed by atoms with Gasteiger partial charge in [-0.05, 0) is 67.2 Å². The Labute approximate surface area is 186 Å². The van der Waals surface area contributed by atoms with Gasteiger partial charge >= 0.3 is 5.97 Å². The zero-order valence-corrected chi connectivity index (χ0v) is 18.0. The smallest absolute Gasteiger partial charge is 0.305 e. The average molecular weight is 437 g/mol. The summed E-state index contributed by atoms with van der Waals surface area (Å²) in [7, 11) is 1.40. The normalized spacial score (nSPS) is 18.1. The summed E-state index contributed by atoms with van der Waals surface area (Å²) in [4.78, 5) is 18.3. The topological polar surface area (TPSA) is 79.6 Å². The van der Waals surface area contributed by atoms with Crippen LogP contribution in [0.15, 0.2) is 67.0 Å². The molecule has 2 N–H and O–H groups in total. The van der Waals surface area contributed by atoms with Crippen LogP contribution in [-0.4, -0.2) is 44.3 Å². The minimum atomic E-state index is -0.233. The van der Waals surface area contributed by atoms with Crippen LogP contribution in [-0.2, 0) is 9.53 Å². The number of carbonyl (C=O) groups excluding carboxylic acids is 1. The number of benzene rings is 1. The SMILES string of the molecule is COC(=O)CCCN1C(=S)NC(c2ccccn2)C1c1cccn1-c1ccc(O)cc1. The maximum Gasteiger partial charge on any atom is 0.305 e. The summed E-state index contributed by atoms with van der Waals surface area (Å²) in [6.07, 6.45) is 4.72. The Morgan fingerprint density at radius 3 is 2.71 bits per heavy atom. The van der Waals surface area contributed by atoms with E-state index in [2.05, 4.69) is 25.8 Å². The third-order valence-electron chi connectivity index (χ3n) is 5.42. The predicted octanol–water partition coefficient (Wildman–Crippen LogP) is 3.50. The molecule has 8 heteroatoms. The summed E-state index contributed by atoms with van der Waals surface area (Å²) in [5, 5.41) is 13.7. The summed E-state index contributed by atoms with van der Waals surface area (Å²) in [6, 6.07) is 16.7.